The molecule has 114 valence electrons. The molecule has 0 N–H and O–H groups in total. The van der Waals surface area contributed by atoms with E-state index in [1.165, 1.54) is 0 Å². The van der Waals surface area contributed by atoms with Crippen molar-refractivity contribution in [3.63, 3.8) is 0 Å². The van der Waals surface area contributed by atoms with Gasteiger partial charge in [0.05, 0.1) is 11.0 Å². The third-order valence-corrected chi connectivity index (χ3v) is 4.42. The lowest BCUT2D eigenvalue weighted by Gasteiger charge is -2.03. The fourth-order valence-electron chi connectivity index (χ4n) is 3.34. The number of hydrogen-bond donors (Lipinski definition) is 0. The Morgan fingerprint density at radius 2 is 1.33 bits per heavy atom. The number of hydrogen-bond acceptors (Lipinski definition) is 2. The maximum atomic E-state index is 13.2. The van der Waals surface area contributed by atoms with Crippen LogP contribution in [-0.4, -0.2) is 10.5 Å². The quantitative estimate of drug-likeness (QED) is 0.425. The molecule has 3 aromatic carbocycles. The van der Waals surface area contributed by atoms with Gasteiger partial charge in [-0.25, -0.2) is 0 Å². The molecule has 0 atom stereocenters. The second kappa shape index (κ2) is 4.83. The number of nitrogens with zero attached hydrogens (tertiary/aromatic N) is 1. The lowest BCUT2D eigenvalue weighted by atomic mass is 10.2. The summed E-state index contributed by atoms with van der Waals surface area (Å²) < 4.78 is 7.52. The summed E-state index contributed by atoms with van der Waals surface area (Å²) in [5.41, 5.74) is 2.51. The van der Waals surface area contributed by atoms with Gasteiger partial charge in [0.2, 0.25) is 0 Å². The normalized spacial score (nSPS) is 11.5. The van der Waals surface area contributed by atoms with E-state index in [4.69, 9.17) is 4.42 Å². The first-order valence-electron chi connectivity index (χ1n) is 7.84. The first kappa shape index (κ1) is 13.1. The second-order valence-corrected chi connectivity index (χ2v) is 5.82. The zero-order valence-corrected chi connectivity index (χ0v) is 12.8. The minimum atomic E-state index is -0.149. The smallest absolute Gasteiger partial charge is 0.298 e. The van der Waals surface area contributed by atoms with Gasteiger partial charge in [0, 0.05) is 16.2 Å². The largest absolute Gasteiger partial charge is 0.451 e. The van der Waals surface area contributed by atoms with Crippen molar-refractivity contribution in [2.75, 3.05) is 0 Å². The first-order valence-corrected chi connectivity index (χ1v) is 7.84. The Hall–Kier alpha value is -3.33. The van der Waals surface area contributed by atoms with Crippen LogP contribution < -0.4 is 0 Å². The SMILES string of the molecule is O=C(c1cc2ccccc2o1)n1c2ccccc2c2ccccc21. The van der Waals surface area contributed by atoms with Crippen molar-refractivity contribution in [1.82, 2.24) is 4.57 Å². The van der Waals surface area contributed by atoms with Crippen LogP contribution in [0.3, 0.4) is 0 Å². The number of rotatable bonds is 1. The monoisotopic (exact) mass is 311 g/mol. The van der Waals surface area contributed by atoms with E-state index >= 15 is 0 Å². The zero-order chi connectivity index (χ0) is 16.1. The fourth-order valence-corrected chi connectivity index (χ4v) is 3.34. The summed E-state index contributed by atoms with van der Waals surface area (Å²) in [6.07, 6.45) is 0. The summed E-state index contributed by atoms with van der Waals surface area (Å²) in [6, 6.07) is 25.4. The summed E-state index contributed by atoms with van der Waals surface area (Å²) in [4.78, 5) is 13.2. The predicted molar refractivity (Wildman–Crippen MR) is 95.4 cm³/mol. The van der Waals surface area contributed by atoms with E-state index in [0.717, 1.165) is 32.8 Å². The Balaban J connectivity index is 1.82. The van der Waals surface area contributed by atoms with Crippen molar-refractivity contribution in [2.24, 2.45) is 0 Å². The highest BCUT2D eigenvalue weighted by molar-refractivity contribution is 6.16. The van der Waals surface area contributed by atoms with Gasteiger partial charge >= 0.3 is 0 Å². The second-order valence-electron chi connectivity index (χ2n) is 5.82. The van der Waals surface area contributed by atoms with Gasteiger partial charge in [-0.1, -0.05) is 54.6 Å². The van der Waals surface area contributed by atoms with Gasteiger partial charge in [-0.2, -0.15) is 0 Å². The molecule has 0 unspecified atom stereocenters. The Kier molecular flexibility index (Phi) is 2.65. The molecule has 0 saturated heterocycles. The average molecular weight is 311 g/mol. The van der Waals surface area contributed by atoms with E-state index in [1.807, 2.05) is 72.8 Å². The number of fused-ring (bicyclic) bond motifs is 4. The van der Waals surface area contributed by atoms with Gasteiger partial charge in [-0.3, -0.25) is 9.36 Å². The molecule has 2 aromatic heterocycles. The third-order valence-electron chi connectivity index (χ3n) is 4.42. The molecule has 2 heterocycles. The molecule has 0 saturated carbocycles. The lowest BCUT2D eigenvalue weighted by Crippen LogP contribution is -2.10. The first-order chi connectivity index (χ1) is 11.8. The standard InChI is InChI=1S/C21H13NO2/c23-21(20-13-14-7-1-6-12-19(14)24-20)22-17-10-4-2-8-15(17)16-9-3-5-11-18(16)22/h1-13H. The Morgan fingerprint density at radius 3 is 2.00 bits per heavy atom. The topological polar surface area (TPSA) is 35.1 Å². The average Bonchev–Trinajstić information content (AvgIpc) is 3.20. The summed E-state index contributed by atoms with van der Waals surface area (Å²) in [7, 11) is 0. The van der Waals surface area contributed by atoms with Gasteiger partial charge < -0.3 is 4.42 Å². The summed E-state index contributed by atoms with van der Waals surface area (Å²) >= 11 is 0. The molecule has 3 heteroatoms. The minimum absolute atomic E-state index is 0.149. The van der Waals surface area contributed by atoms with E-state index in [0.29, 0.717) is 5.76 Å². The highest BCUT2D eigenvalue weighted by Crippen LogP contribution is 2.30. The van der Waals surface area contributed by atoms with E-state index in [2.05, 4.69) is 0 Å². The van der Waals surface area contributed by atoms with Crippen LogP contribution in [0.1, 0.15) is 10.6 Å². The lowest BCUT2D eigenvalue weighted by molar-refractivity contribution is 0.0944. The molecule has 0 aliphatic rings. The Morgan fingerprint density at radius 1 is 0.750 bits per heavy atom. The molecule has 0 radical (unpaired) electrons. The van der Waals surface area contributed by atoms with Crippen LogP contribution in [0.4, 0.5) is 0 Å². The molecule has 3 nitrogen and oxygen atoms in total. The molecule has 24 heavy (non-hydrogen) atoms. The zero-order valence-electron chi connectivity index (χ0n) is 12.8. The number of furan rings is 1. The highest BCUT2D eigenvalue weighted by Gasteiger charge is 2.20. The minimum Gasteiger partial charge on any atom is -0.451 e. The summed E-state index contributed by atoms with van der Waals surface area (Å²) in [5.74, 6) is 0.200. The summed E-state index contributed by atoms with van der Waals surface area (Å²) in [5, 5.41) is 3.07. The maximum absolute atomic E-state index is 13.2. The van der Waals surface area contributed by atoms with Crippen molar-refractivity contribution < 1.29 is 9.21 Å². The summed E-state index contributed by atoms with van der Waals surface area (Å²) in [6.45, 7) is 0. The molecule has 5 aromatic rings. The third kappa shape index (κ3) is 1.75. The van der Waals surface area contributed by atoms with Gasteiger partial charge in [0.15, 0.2) is 5.76 Å². The number of benzene rings is 3. The van der Waals surface area contributed by atoms with Crippen LogP contribution in [0.5, 0.6) is 0 Å². The molecular formula is C21H13NO2. The van der Waals surface area contributed by atoms with E-state index in [-0.39, 0.29) is 5.91 Å². The van der Waals surface area contributed by atoms with Gasteiger partial charge in [-0.15, -0.1) is 0 Å². The molecule has 0 spiro atoms. The van der Waals surface area contributed by atoms with Crippen molar-refractivity contribution in [1.29, 1.82) is 0 Å². The van der Waals surface area contributed by atoms with Crippen LogP contribution in [0.25, 0.3) is 32.8 Å². The maximum Gasteiger partial charge on any atom is 0.298 e. The number of carbonyl (C=O) groups is 1. The van der Waals surface area contributed by atoms with Crippen molar-refractivity contribution in [3.8, 4) is 0 Å². The van der Waals surface area contributed by atoms with Gasteiger partial charge in [-0.05, 0) is 24.3 Å². The van der Waals surface area contributed by atoms with Crippen molar-refractivity contribution in [3.05, 3.63) is 84.6 Å². The fraction of sp³-hybridized carbons (Fsp3) is 0. The molecule has 5 rings (SSSR count). The Labute approximate surface area is 137 Å². The molecule has 0 amide bonds. The van der Waals surface area contributed by atoms with Gasteiger partial charge in [0.25, 0.3) is 5.91 Å². The van der Waals surface area contributed by atoms with Crippen LogP contribution >= 0.6 is 0 Å². The van der Waals surface area contributed by atoms with Crippen molar-refractivity contribution >= 4 is 38.7 Å². The van der Waals surface area contributed by atoms with Gasteiger partial charge in [0.1, 0.15) is 5.58 Å². The molecule has 0 aliphatic carbocycles. The predicted octanol–water partition coefficient (Wildman–Crippen LogP) is 5.23. The molecule has 0 bridgehead atoms. The van der Waals surface area contributed by atoms with Crippen molar-refractivity contribution in [2.45, 2.75) is 0 Å². The van der Waals surface area contributed by atoms with E-state index < -0.39 is 0 Å². The van der Waals surface area contributed by atoms with E-state index in [1.54, 1.807) is 10.6 Å². The van der Waals surface area contributed by atoms with Crippen LogP contribution in [-0.2, 0) is 0 Å². The molecular weight excluding hydrogens is 298 g/mol. The van der Waals surface area contributed by atoms with Crippen LogP contribution in [0.15, 0.2) is 83.3 Å². The molecule has 0 fully saturated rings. The molecule has 0 aliphatic heterocycles. The highest BCUT2D eigenvalue weighted by atomic mass is 16.3. The number of aromatic nitrogens is 1. The Bertz CT molecular complexity index is 1140. The van der Waals surface area contributed by atoms with Crippen LogP contribution in [0.2, 0.25) is 0 Å². The van der Waals surface area contributed by atoms with E-state index in [9.17, 15) is 4.79 Å². The number of para-hydroxylation sites is 3. The number of carbonyl (C=O) groups excluding carboxylic acids is 1. The van der Waals surface area contributed by atoms with Crippen LogP contribution in [0, 0.1) is 0 Å².